The Hall–Kier alpha value is -0.910. The van der Waals surface area contributed by atoms with Gasteiger partial charge < -0.3 is 10.6 Å². The highest BCUT2D eigenvalue weighted by molar-refractivity contribution is 5.21. The van der Waals surface area contributed by atoms with Gasteiger partial charge in [-0.05, 0) is 27.4 Å². The number of nitrogens with two attached hydrogens (primary N) is 1. The highest BCUT2D eigenvalue weighted by atomic mass is 15.3. The molecule has 0 spiro atoms. The number of likely N-dealkylation sites (tertiary alicyclic amines) is 1. The van der Waals surface area contributed by atoms with E-state index in [0.29, 0.717) is 18.6 Å². The van der Waals surface area contributed by atoms with Crippen LogP contribution in [0.1, 0.15) is 23.7 Å². The van der Waals surface area contributed by atoms with E-state index in [2.05, 4.69) is 42.1 Å². The molecular formula is C13H25N5. The van der Waals surface area contributed by atoms with Crippen LogP contribution in [0.25, 0.3) is 0 Å². The SMILES string of the molecule is Cc1nn(C)cc1C(CN)N1CCC(N(C)C)C1. The monoisotopic (exact) mass is 251 g/mol. The number of likely N-dealkylation sites (N-methyl/N-ethyl adjacent to an activating group) is 1. The van der Waals surface area contributed by atoms with Gasteiger partial charge in [-0.25, -0.2) is 0 Å². The maximum atomic E-state index is 5.99. The lowest BCUT2D eigenvalue weighted by Crippen LogP contribution is -2.36. The Kier molecular flexibility index (Phi) is 4.04. The minimum absolute atomic E-state index is 0.309. The van der Waals surface area contributed by atoms with E-state index in [1.807, 2.05) is 11.7 Å². The van der Waals surface area contributed by atoms with Crippen LogP contribution in [0.15, 0.2) is 6.20 Å². The van der Waals surface area contributed by atoms with Crippen molar-refractivity contribution in [1.29, 1.82) is 0 Å². The number of hydrogen-bond donors (Lipinski definition) is 1. The van der Waals surface area contributed by atoms with E-state index in [0.717, 1.165) is 18.8 Å². The molecule has 2 unspecified atom stereocenters. The van der Waals surface area contributed by atoms with Crippen LogP contribution in [0.5, 0.6) is 0 Å². The molecule has 1 aliphatic heterocycles. The molecule has 0 aromatic carbocycles. The van der Waals surface area contributed by atoms with Gasteiger partial charge in [0.2, 0.25) is 0 Å². The number of aromatic nitrogens is 2. The third-order valence-corrected chi connectivity index (χ3v) is 4.00. The first-order chi connectivity index (χ1) is 8.52. The summed E-state index contributed by atoms with van der Waals surface area (Å²) in [6.45, 7) is 4.95. The molecule has 1 saturated heterocycles. The maximum absolute atomic E-state index is 5.99. The first-order valence-electron chi connectivity index (χ1n) is 6.63. The standard InChI is InChI=1S/C13H25N5/c1-10-12(9-17(4)15-10)13(7-14)18-6-5-11(8-18)16(2)3/h9,11,13H,5-8,14H2,1-4H3. The van der Waals surface area contributed by atoms with Gasteiger partial charge in [0.1, 0.15) is 0 Å². The fourth-order valence-electron chi connectivity index (χ4n) is 2.89. The average molecular weight is 251 g/mol. The average Bonchev–Trinajstić information content (AvgIpc) is 2.88. The lowest BCUT2D eigenvalue weighted by atomic mass is 10.1. The molecule has 2 heterocycles. The van der Waals surface area contributed by atoms with Gasteiger partial charge in [0.25, 0.3) is 0 Å². The summed E-state index contributed by atoms with van der Waals surface area (Å²) >= 11 is 0. The Morgan fingerprint density at radius 2 is 2.28 bits per heavy atom. The Morgan fingerprint density at radius 1 is 1.56 bits per heavy atom. The molecule has 1 aromatic heterocycles. The third kappa shape index (κ3) is 2.58. The van der Waals surface area contributed by atoms with Crippen molar-refractivity contribution in [2.24, 2.45) is 12.8 Å². The molecule has 0 radical (unpaired) electrons. The van der Waals surface area contributed by atoms with Crippen LogP contribution < -0.4 is 5.73 Å². The highest BCUT2D eigenvalue weighted by Gasteiger charge is 2.30. The van der Waals surface area contributed by atoms with Crippen molar-refractivity contribution in [3.05, 3.63) is 17.5 Å². The molecule has 2 N–H and O–H groups in total. The second-order valence-corrected chi connectivity index (χ2v) is 5.50. The van der Waals surface area contributed by atoms with Crippen LogP contribution in [0, 0.1) is 6.92 Å². The van der Waals surface area contributed by atoms with E-state index in [1.165, 1.54) is 12.0 Å². The van der Waals surface area contributed by atoms with Crippen molar-refractivity contribution in [2.75, 3.05) is 33.7 Å². The Bertz CT molecular complexity index is 398. The van der Waals surface area contributed by atoms with Crippen molar-refractivity contribution in [1.82, 2.24) is 19.6 Å². The molecule has 0 bridgehead atoms. The van der Waals surface area contributed by atoms with E-state index < -0.39 is 0 Å². The van der Waals surface area contributed by atoms with Crippen LogP contribution in [-0.2, 0) is 7.05 Å². The first-order valence-corrected chi connectivity index (χ1v) is 6.63. The molecule has 2 atom stereocenters. The number of rotatable bonds is 4. The summed E-state index contributed by atoms with van der Waals surface area (Å²) in [6.07, 6.45) is 3.33. The predicted molar refractivity (Wildman–Crippen MR) is 73.4 cm³/mol. The summed E-state index contributed by atoms with van der Waals surface area (Å²) in [4.78, 5) is 4.80. The quantitative estimate of drug-likeness (QED) is 0.840. The molecule has 0 amide bonds. The minimum atomic E-state index is 0.309. The molecule has 102 valence electrons. The van der Waals surface area contributed by atoms with Crippen molar-refractivity contribution in [3.8, 4) is 0 Å². The molecule has 0 saturated carbocycles. The van der Waals surface area contributed by atoms with Gasteiger partial charge in [-0.15, -0.1) is 0 Å². The third-order valence-electron chi connectivity index (χ3n) is 4.00. The number of hydrogen-bond acceptors (Lipinski definition) is 4. The van der Waals surface area contributed by atoms with Gasteiger partial charge in [-0.2, -0.15) is 5.10 Å². The lowest BCUT2D eigenvalue weighted by Gasteiger charge is -2.27. The summed E-state index contributed by atoms with van der Waals surface area (Å²) in [5.74, 6) is 0. The summed E-state index contributed by atoms with van der Waals surface area (Å²) in [5, 5.41) is 4.43. The zero-order valence-electron chi connectivity index (χ0n) is 11.9. The Balaban J connectivity index is 2.13. The molecule has 1 aliphatic rings. The Morgan fingerprint density at radius 3 is 2.72 bits per heavy atom. The largest absolute Gasteiger partial charge is 0.329 e. The van der Waals surface area contributed by atoms with Crippen molar-refractivity contribution >= 4 is 0 Å². The van der Waals surface area contributed by atoms with Crippen molar-refractivity contribution in [2.45, 2.75) is 25.4 Å². The van der Waals surface area contributed by atoms with Gasteiger partial charge in [0.05, 0.1) is 11.7 Å². The summed E-state index contributed by atoms with van der Waals surface area (Å²) in [6, 6.07) is 0.958. The Labute approximate surface area is 110 Å². The summed E-state index contributed by atoms with van der Waals surface area (Å²) in [7, 11) is 6.28. The molecule has 5 nitrogen and oxygen atoms in total. The van der Waals surface area contributed by atoms with E-state index in [-0.39, 0.29) is 0 Å². The first kappa shape index (κ1) is 13.5. The smallest absolute Gasteiger partial charge is 0.0641 e. The van der Waals surface area contributed by atoms with Gasteiger partial charge in [0, 0.05) is 44.5 Å². The van der Waals surface area contributed by atoms with E-state index in [1.54, 1.807) is 0 Å². The minimum Gasteiger partial charge on any atom is -0.329 e. The van der Waals surface area contributed by atoms with Crippen LogP contribution in [0.4, 0.5) is 0 Å². The predicted octanol–water partition coefficient (Wildman–Crippen LogP) is 0.364. The van der Waals surface area contributed by atoms with Crippen LogP contribution in [0.2, 0.25) is 0 Å². The highest BCUT2D eigenvalue weighted by Crippen LogP contribution is 2.27. The van der Waals surface area contributed by atoms with E-state index in [4.69, 9.17) is 5.73 Å². The zero-order valence-corrected chi connectivity index (χ0v) is 11.9. The van der Waals surface area contributed by atoms with Gasteiger partial charge in [-0.3, -0.25) is 9.58 Å². The van der Waals surface area contributed by atoms with Gasteiger partial charge in [0.15, 0.2) is 0 Å². The summed E-state index contributed by atoms with van der Waals surface area (Å²) in [5.41, 5.74) is 8.37. The molecule has 2 rings (SSSR count). The van der Waals surface area contributed by atoms with Crippen LogP contribution in [0.3, 0.4) is 0 Å². The molecule has 1 aromatic rings. The van der Waals surface area contributed by atoms with Crippen LogP contribution in [-0.4, -0.2) is 59.4 Å². The van der Waals surface area contributed by atoms with Crippen molar-refractivity contribution < 1.29 is 0 Å². The lowest BCUT2D eigenvalue weighted by molar-refractivity contribution is 0.220. The maximum Gasteiger partial charge on any atom is 0.0641 e. The molecule has 0 aliphatic carbocycles. The van der Waals surface area contributed by atoms with E-state index >= 15 is 0 Å². The molecule has 18 heavy (non-hydrogen) atoms. The fraction of sp³-hybridized carbons (Fsp3) is 0.769. The van der Waals surface area contributed by atoms with E-state index in [9.17, 15) is 0 Å². The number of nitrogens with zero attached hydrogens (tertiary/aromatic N) is 4. The molecule has 5 heteroatoms. The topological polar surface area (TPSA) is 50.3 Å². The molecule has 1 fully saturated rings. The number of aryl methyl sites for hydroxylation is 2. The van der Waals surface area contributed by atoms with Gasteiger partial charge in [-0.1, -0.05) is 0 Å². The molecular weight excluding hydrogens is 226 g/mol. The fourth-order valence-corrected chi connectivity index (χ4v) is 2.89. The normalized spacial score (nSPS) is 22.9. The second-order valence-electron chi connectivity index (χ2n) is 5.50. The van der Waals surface area contributed by atoms with Crippen LogP contribution >= 0.6 is 0 Å². The van der Waals surface area contributed by atoms with Gasteiger partial charge >= 0.3 is 0 Å². The summed E-state index contributed by atoms with van der Waals surface area (Å²) < 4.78 is 1.88. The van der Waals surface area contributed by atoms with Crippen molar-refractivity contribution in [3.63, 3.8) is 0 Å². The second kappa shape index (κ2) is 5.38. The zero-order chi connectivity index (χ0) is 13.3.